The topological polar surface area (TPSA) is 38.3 Å². The Morgan fingerprint density at radius 1 is 1.47 bits per heavy atom. The summed E-state index contributed by atoms with van der Waals surface area (Å²) in [7, 11) is 0. The largest absolute Gasteiger partial charge is 0.381 e. The minimum absolute atomic E-state index is 0.0510. The van der Waals surface area contributed by atoms with E-state index in [2.05, 4.69) is 52.4 Å². The van der Waals surface area contributed by atoms with Gasteiger partial charge in [0.1, 0.15) is 0 Å². The fraction of sp³-hybridized carbons (Fsp3) is 0.533. The van der Waals surface area contributed by atoms with Crippen molar-refractivity contribution in [2.24, 2.45) is 5.92 Å². The molecule has 2 unspecified atom stereocenters. The van der Waals surface area contributed by atoms with Gasteiger partial charge < -0.3 is 10.1 Å². The minimum atomic E-state index is 0.0510. The van der Waals surface area contributed by atoms with E-state index in [9.17, 15) is 4.79 Å². The Balaban J connectivity index is 1.73. The normalized spacial score (nSPS) is 20.2. The summed E-state index contributed by atoms with van der Waals surface area (Å²) in [5, 5.41) is 3.08. The molecule has 1 saturated heterocycles. The fourth-order valence-corrected chi connectivity index (χ4v) is 2.47. The van der Waals surface area contributed by atoms with E-state index in [4.69, 9.17) is 4.74 Å². The van der Waals surface area contributed by atoms with Gasteiger partial charge in [-0.3, -0.25) is 4.79 Å². The van der Waals surface area contributed by atoms with Crippen LogP contribution in [0.5, 0.6) is 0 Å². The second kappa shape index (κ2) is 7.06. The van der Waals surface area contributed by atoms with Crippen LogP contribution in [-0.4, -0.2) is 25.2 Å². The first kappa shape index (κ1) is 14.5. The monoisotopic (exact) mass is 325 g/mol. The van der Waals surface area contributed by atoms with Crippen LogP contribution < -0.4 is 5.32 Å². The minimum Gasteiger partial charge on any atom is -0.381 e. The molecule has 19 heavy (non-hydrogen) atoms. The highest BCUT2D eigenvalue weighted by molar-refractivity contribution is 9.10. The highest BCUT2D eigenvalue weighted by atomic mass is 79.9. The van der Waals surface area contributed by atoms with Gasteiger partial charge in [-0.1, -0.05) is 28.1 Å². The van der Waals surface area contributed by atoms with Crippen molar-refractivity contribution >= 4 is 21.8 Å². The van der Waals surface area contributed by atoms with E-state index < -0.39 is 0 Å². The van der Waals surface area contributed by atoms with Crippen molar-refractivity contribution in [1.82, 2.24) is 5.32 Å². The van der Waals surface area contributed by atoms with Crippen LogP contribution in [0.15, 0.2) is 28.7 Å². The van der Waals surface area contributed by atoms with Crippen LogP contribution in [0.3, 0.4) is 0 Å². The summed E-state index contributed by atoms with van der Waals surface area (Å²) < 4.78 is 6.33. The SMILES string of the molecule is CC(CCc1ccc(Br)cc1)NC(=O)C1CCOC1. The molecule has 2 rings (SSSR count). The number of carbonyl (C=O) groups is 1. The second-order valence-electron chi connectivity index (χ2n) is 5.14. The molecular formula is C15H20BrNO2. The van der Waals surface area contributed by atoms with Crippen molar-refractivity contribution in [3.05, 3.63) is 34.3 Å². The molecule has 0 saturated carbocycles. The number of nitrogens with one attached hydrogen (secondary N) is 1. The Bertz CT molecular complexity index is 413. The Morgan fingerprint density at radius 3 is 2.84 bits per heavy atom. The van der Waals surface area contributed by atoms with E-state index in [0.717, 1.165) is 23.7 Å². The fourth-order valence-electron chi connectivity index (χ4n) is 2.21. The molecule has 1 heterocycles. The van der Waals surface area contributed by atoms with Crippen molar-refractivity contribution in [2.75, 3.05) is 13.2 Å². The maximum atomic E-state index is 11.9. The molecule has 2 atom stereocenters. The average Bonchev–Trinajstić information content (AvgIpc) is 2.92. The predicted octanol–water partition coefficient (Wildman–Crippen LogP) is 2.92. The third kappa shape index (κ3) is 4.62. The first-order valence-electron chi connectivity index (χ1n) is 6.77. The molecule has 1 aliphatic rings. The number of ether oxygens (including phenoxy) is 1. The lowest BCUT2D eigenvalue weighted by molar-refractivity contribution is -0.125. The molecule has 1 N–H and O–H groups in total. The quantitative estimate of drug-likeness (QED) is 0.903. The van der Waals surface area contributed by atoms with Gasteiger partial charge in [-0.15, -0.1) is 0 Å². The van der Waals surface area contributed by atoms with Gasteiger partial charge in [0.15, 0.2) is 0 Å². The number of aryl methyl sites for hydroxylation is 1. The van der Waals surface area contributed by atoms with E-state index in [1.54, 1.807) is 0 Å². The van der Waals surface area contributed by atoms with Crippen LogP contribution in [0.1, 0.15) is 25.3 Å². The summed E-state index contributed by atoms with van der Waals surface area (Å²) in [4.78, 5) is 11.9. The van der Waals surface area contributed by atoms with Gasteiger partial charge in [0.25, 0.3) is 0 Å². The molecule has 104 valence electrons. The number of benzene rings is 1. The summed E-state index contributed by atoms with van der Waals surface area (Å²) in [6.07, 6.45) is 2.79. The van der Waals surface area contributed by atoms with Crippen molar-refractivity contribution in [3.63, 3.8) is 0 Å². The average molecular weight is 326 g/mol. The van der Waals surface area contributed by atoms with Crippen LogP contribution >= 0.6 is 15.9 Å². The van der Waals surface area contributed by atoms with Crippen LogP contribution in [0.4, 0.5) is 0 Å². The van der Waals surface area contributed by atoms with Gasteiger partial charge >= 0.3 is 0 Å². The molecule has 1 amide bonds. The van der Waals surface area contributed by atoms with E-state index in [-0.39, 0.29) is 17.9 Å². The van der Waals surface area contributed by atoms with Crippen LogP contribution in [-0.2, 0) is 16.0 Å². The van der Waals surface area contributed by atoms with Gasteiger partial charge in [-0.2, -0.15) is 0 Å². The van der Waals surface area contributed by atoms with E-state index in [1.807, 2.05) is 0 Å². The van der Waals surface area contributed by atoms with E-state index >= 15 is 0 Å². The Kier molecular flexibility index (Phi) is 5.40. The first-order valence-corrected chi connectivity index (χ1v) is 7.57. The molecule has 1 fully saturated rings. The Hall–Kier alpha value is -0.870. The number of hydrogen-bond donors (Lipinski definition) is 1. The second-order valence-corrected chi connectivity index (χ2v) is 6.05. The number of amides is 1. The molecule has 0 aromatic heterocycles. The summed E-state index contributed by atoms with van der Waals surface area (Å²) in [5.41, 5.74) is 1.30. The third-order valence-corrected chi connectivity index (χ3v) is 4.00. The van der Waals surface area contributed by atoms with Crippen LogP contribution in [0.2, 0.25) is 0 Å². The van der Waals surface area contributed by atoms with Crippen molar-refractivity contribution in [2.45, 2.75) is 32.2 Å². The number of carbonyl (C=O) groups excluding carboxylic acids is 1. The van der Waals surface area contributed by atoms with Gasteiger partial charge in [0.2, 0.25) is 5.91 Å². The zero-order valence-electron chi connectivity index (χ0n) is 11.2. The first-order chi connectivity index (χ1) is 9.15. The van der Waals surface area contributed by atoms with Crippen molar-refractivity contribution in [1.29, 1.82) is 0 Å². The summed E-state index contributed by atoms with van der Waals surface area (Å²) in [6, 6.07) is 8.53. The molecule has 1 aromatic carbocycles. The number of rotatable bonds is 5. The smallest absolute Gasteiger partial charge is 0.225 e. The maximum absolute atomic E-state index is 11.9. The van der Waals surface area contributed by atoms with Gasteiger partial charge in [0.05, 0.1) is 12.5 Å². The predicted molar refractivity (Wildman–Crippen MR) is 79.0 cm³/mol. The molecule has 1 aliphatic heterocycles. The van der Waals surface area contributed by atoms with Crippen LogP contribution in [0.25, 0.3) is 0 Å². The van der Waals surface area contributed by atoms with Crippen molar-refractivity contribution in [3.8, 4) is 0 Å². The molecule has 0 aliphatic carbocycles. The molecule has 0 radical (unpaired) electrons. The van der Waals surface area contributed by atoms with Crippen molar-refractivity contribution < 1.29 is 9.53 Å². The Morgan fingerprint density at radius 2 is 2.21 bits per heavy atom. The van der Waals surface area contributed by atoms with E-state index in [1.165, 1.54) is 5.56 Å². The zero-order chi connectivity index (χ0) is 13.7. The van der Waals surface area contributed by atoms with E-state index in [0.29, 0.717) is 13.2 Å². The maximum Gasteiger partial charge on any atom is 0.225 e. The van der Waals surface area contributed by atoms with Gasteiger partial charge in [-0.05, 0) is 43.9 Å². The molecule has 0 bridgehead atoms. The lowest BCUT2D eigenvalue weighted by Gasteiger charge is -2.16. The molecule has 0 spiro atoms. The lowest BCUT2D eigenvalue weighted by Crippen LogP contribution is -2.37. The summed E-state index contributed by atoms with van der Waals surface area (Å²) >= 11 is 3.43. The lowest BCUT2D eigenvalue weighted by atomic mass is 10.0. The molecule has 3 nitrogen and oxygen atoms in total. The Labute approximate surface area is 122 Å². The highest BCUT2D eigenvalue weighted by Gasteiger charge is 2.24. The number of halogens is 1. The summed E-state index contributed by atoms with van der Waals surface area (Å²) in [6.45, 7) is 3.35. The zero-order valence-corrected chi connectivity index (χ0v) is 12.8. The highest BCUT2D eigenvalue weighted by Crippen LogP contribution is 2.14. The standard InChI is InChI=1S/C15H20BrNO2/c1-11(17-15(18)13-8-9-19-10-13)2-3-12-4-6-14(16)7-5-12/h4-7,11,13H,2-3,8-10H2,1H3,(H,17,18). The molecule has 4 heteroatoms. The van der Waals surface area contributed by atoms with Gasteiger partial charge in [0, 0.05) is 17.1 Å². The summed E-state index contributed by atoms with van der Waals surface area (Å²) in [5.74, 6) is 0.191. The number of hydrogen-bond acceptors (Lipinski definition) is 2. The molecular weight excluding hydrogens is 306 g/mol. The molecule has 1 aromatic rings. The van der Waals surface area contributed by atoms with Gasteiger partial charge in [-0.25, -0.2) is 0 Å². The third-order valence-electron chi connectivity index (χ3n) is 3.47. The van der Waals surface area contributed by atoms with Crippen LogP contribution in [0, 0.1) is 5.92 Å².